The Morgan fingerprint density at radius 3 is 2.42 bits per heavy atom. The van der Waals surface area contributed by atoms with Crippen molar-refractivity contribution in [3.8, 4) is 11.3 Å². The van der Waals surface area contributed by atoms with Gasteiger partial charge < -0.3 is 9.32 Å². The molecule has 1 aromatic heterocycles. The number of nitro benzene ring substituents is 1. The van der Waals surface area contributed by atoms with Gasteiger partial charge in [0.15, 0.2) is 5.76 Å². The zero-order valence-electron chi connectivity index (χ0n) is 16.5. The molecule has 0 radical (unpaired) electrons. The maximum atomic E-state index is 14.0. The fraction of sp³-hybridized carbons (Fsp3) is 0.227. The maximum absolute atomic E-state index is 14.0. The van der Waals surface area contributed by atoms with Gasteiger partial charge in [-0.15, -0.1) is 0 Å². The monoisotopic (exact) mass is 443 g/mol. The van der Waals surface area contributed by atoms with E-state index in [0.717, 1.165) is 0 Å². The number of halogens is 2. The predicted octanol–water partition coefficient (Wildman–Crippen LogP) is 4.61. The largest absolute Gasteiger partial charge is 0.451 e. The minimum absolute atomic E-state index is 0.0128. The van der Waals surface area contributed by atoms with Crippen molar-refractivity contribution in [2.75, 3.05) is 26.2 Å². The maximum Gasteiger partial charge on any atom is 0.289 e. The predicted molar refractivity (Wildman–Crippen MR) is 113 cm³/mol. The van der Waals surface area contributed by atoms with Crippen LogP contribution in [-0.2, 0) is 6.54 Å². The Hall–Kier alpha value is -3.23. The summed E-state index contributed by atoms with van der Waals surface area (Å²) in [5.74, 6) is 0.113. The van der Waals surface area contributed by atoms with Crippen LogP contribution in [-0.4, -0.2) is 46.8 Å². The number of hydrogen-bond acceptors (Lipinski definition) is 5. The molecule has 0 saturated carbocycles. The van der Waals surface area contributed by atoms with Crippen LogP contribution in [0.1, 0.15) is 16.1 Å². The number of benzene rings is 2. The second-order valence-corrected chi connectivity index (χ2v) is 7.64. The molecule has 2 aromatic carbocycles. The standard InChI is InChI=1S/C22H19ClFN3O4/c23-18-2-1-3-19(24)17(18)14-25-10-12-26(13-11-25)22(28)21-9-8-20(31-21)15-4-6-16(7-5-15)27(29)30/h1-9H,10-14H2. The summed E-state index contributed by atoms with van der Waals surface area (Å²) < 4.78 is 19.7. The Morgan fingerprint density at radius 2 is 1.77 bits per heavy atom. The van der Waals surface area contributed by atoms with Crippen LogP contribution in [0, 0.1) is 15.9 Å². The van der Waals surface area contributed by atoms with E-state index < -0.39 is 4.92 Å². The lowest BCUT2D eigenvalue weighted by molar-refractivity contribution is -0.384. The SMILES string of the molecule is O=C(c1ccc(-c2ccc([N+](=O)[O-])cc2)o1)N1CCN(Cc2c(F)cccc2Cl)CC1. The number of carbonyl (C=O) groups excluding carboxylic acids is 1. The zero-order valence-corrected chi connectivity index (χ0v) is 17.2. The molecule has 3 aromatic rings. The fourth-order valence-corrected chi connectivity index (χ4v) is 3.75. The summed E-state index contributed by atoms with van der Waals surface area (Å²) >= 11 is 6.11. The molecule has 1 aliphatic rings. The van der Waals surface area contributed by atoms with Crippen molar-refractivity contribution in [1.29, 1.82) is 0 Å². The molecule has 0 N–H and O–H groups in total. The summed E-state index contributed by atoms with van der Waals surface area (Å²) in [7, 11) is 0. The van der Waals surface area contributed by atoms with Crippen LogP contribution in [0.25, 0.3) is 11.3 Å². The number of piperazine rings is 1. The molecule has 7 nitrogen and oxygen atoms in total. The number of carbonyl (C=O) groups is 1. The van der Waals surface area contributed by atoms with Crippen molar-refractivity contribution >= 4 is 23.2 Å². The first-order chi connectivity index (χ1) is 14.9. The molecule has 31 heavy (non-hydrogen) atoms. The lowest BCUT2D eigenvalue weighted by atomic mass is 10.1. The van der Waals surface area contributed by atoms with E-state index >= 15 is 0 Å². The van der Waals surface area contributed by atoms with Crippen LogP contribution < -0.4 is 0 Å². The third-order valence-corrected chi connectivity index (χ3v) is 5.64. The summed E-state index contributed by atoms with van der Waals surface area (Å²) in [5.41, 5.74) is 1.10. The molecule has 160 valence electrons. The molecular weight excluding hydrogens is 425 g/mol. The highest BCUT2D eigenvalue weighted by Gasteiger charge is 2.25. The lowest BCUT2D eigenvalue weighted by Gasteiger charge is -2.34. The van der Waals surface area contributed by atoms with Gasteiger partial charge in [0.2, 0.25) is 0 Å². The van der Waals surface area contributed by atoms with Gasteiger partial charge in [0, 0.05) is 61.0 Å². The quantitative estimate of drug-likeness (QED) is 0.425. The number of hydrogen-bond donors (Lipinski definition) is 0. The van der Waals surface area contributed by atoms with Crippen LogP contribution in [0.2, 0.25) is 5.02 Å². The Labute approximate surface area is 182 Å². The van der Waals surface area contributed by atoms with E-state index in [1.165, 1.54) is 18.2 Å². The molecule has 4 rings (SSSR count). The zero-order chi connectivity index (χ0) is 22.0. The van der Waals surface area contributed by atoms with Crippen molar-refractivity contribution in [2.24, 2.45) is 0 Å². The van der Waals surface area contributed by atoms with E-state index in [1.54, 1.807) is 41.3 Å². The van der Waals surface area contributed by atoms with Crippen molar-refractivity contribution in [1.82, 2.24) is 9.80 Å². The summed E-state index contributed by atoms with van der Waals surface area (Å²) in [5, 5.41) is 11.2. The van der Waals surface area contributed by atoms with Gasteiger partial charge in [-0.2, -0.15) is 0 Å². The van der Waals surface area contributed by atoms with Crippen LogP contribution in [0.15, 0.2) is 59.0 Å². The topological polar surface area (TPSA) is 79.8 Å². The average Bonchev–Trinajstić information content (AvgIpc) is 3.27. The van der Waals surface area contributed by atoms with Crippen LogP contribution in [0.5, 0.6) is 0 Å². The van der Waals surface area contributed by atoms with Crippen LogP contribution in [0.4, 0.5) is 10.1 Å². The molecule has 0 bridgehead atoms. The lowest BCUT2D eigenvalue weighted by Crippen LogP contribution is -2.48. The number of furan rings is 1. The van der Waals surface area contributed by atoms with Gasteiger partial charge in [0.1, 0.15) is 11.6 Å². The van der Waals surface area contributed by atoms with Crippen LogP contribution >= 0.6 is 11.6 Å². The van der Waals surface area contributed by atoms with Crippen LogP contribution in [0.3, 0.4) is 0 Å². The third-order valence-electron chi connectivity index (χ3n) is 5.28. The highest BCUT2D eigenvalue weighted by molar-refractivity contribution is 6.31. The third kappa shape index (κ3) is 4.60. The van der Waals surface area contributed by atoms with Gasteiger partial charge in [-0.3, -0.25) is 19.8 Å². The van der Waals surface area contributed by atoms with Gasteiger partial charge in [-0.05, 0) is 36.4 Å². The first-order valence-corrected chi connectivity index (χ1v) is 10.1. The van der Waals surface area contributed by atoms with E-state index in [2.05, 4.69) is 4.90 Å². The minimum atomic E-state index is -0.472. The van der Waals surface area contributed by atoms with Gasteiger partial charge in [-0.25, -0.2) is 4.39 Å². The Morgan fingerprint density at radius 1 is 1.06 bits per heavy atom. The molecule has 1 aliphatic heterocycles. The molecule has 1 saturated heterocycles. The first kappa shape index (κ1) is 21.0. The van der Waals surface area contributed by atoms with Gasteiger partial charge >= 0.3 is 0 Å². The van der Waals surface area contributed by atoms with Crippen molar-refractivity contribution < 1.29 is 18.5 Å². The molecule has 2 heterocycles. The Balaban J connectivity index is 1.37. The first-order valence-electron chi connectivity index (χ1n) is 9.71. The summed E-state index contributed by atoms with van der Waals surface area (Å²) in [6, 6.07) is 13.8. The van der Waals surface area contributed by atoms with E-state index in [-0.39, 0.29) is 23.2 Å². The van der Waals surface area contributed by atoms with Gasteiger partial charge in [0.05, 0.1) is 4.92 Å². The van der Waals surface area contributed by atoms with E-state index in [9.17, 15) is 19.3 Å². The molecule has 1 fully saturated rings. The number of rotatable bonds is 5. The van der Waals surface area contributed by atoms with E-state index in [0.29, 0.717) is 54.6 Å². The molecule has 9 heteroatoms. The molecular formula is C22H19ClFN3O4. The molecule has 0 spiro atoms. The minimum Gasteiger partial charge on any atom is -0.451 e. The van der Waals surface area contributed by atoms with Crippen molar-refractivity contribution in [3.63, 3.8) is 0 Å². The Kier molecular flexibility index (Phi) is 6.01. The molecule has 0 atom stereocenters. The van der Waals surface area contributed by atoms with Crippen molar-refractivity contribution in [3.05, 3.63) is 86.9 Å². The second kappa shape index (κ2) is 8.87. The molecule has 1 amide bonds. The highest BCUT2D eigenvalue weighted by Crippen LogP contribution is 2.26. The smallest absolute Gasteiger partial charge is 0.289 e. The summed E-state index contributed by atoms with van der Waals surface area (Å²) in [4.78, 5) is 26.9. The van der Waals surface area contributed by atoms with E-state index in [1.807, 2.05) is 0 Å². The van der Waals surface area contributed by atoms with E-state index in [4.69, 9.17) is 16.0 Å². The van der Waals surface area contributed by atoms with Crippen molar-refractivity contribution in [2.45, 2.75) is 6.54 Å². The normalized spacial score (nSPS) is 14.6. The number of nitro groups is 1. The summed E-state index contributed by atoms with van der Waals surface area (Å²) in [6.45, 7) is 2.54. The van der Waals surface area contributed by atoms with Gasteiger partial charge in [0.25, 0.3) is 11.6 Å². The molecule has 0 unspecified atom stereocenters. The summed E-state index contributed by atoms with van der Waals surface area (Å²) in [6.07, 6.45) is 0. The van der Waals surface area contributed by atoms with Gasteiger partial charge in [-0.1, -0.05) is 17.7 Å². The Bertz CT molecular complexity index is 1090. The number of amides is 1. The average molecular weight is 444 g/mol. The molecule has 0 aliphatic carbocycles. The highest BCUT2D eigenvalue weighted by atomic mass is 35.5. The second-order valence-electron chi connectivity index (χ2n) is 7.24. The fourth-order valence-electron chi connectivity index (χ4n) is 3.53. The number of nitrogens with zero attached hydrogens (tertiary/aromatic N) is 3. The number of non-ortho nitro benzene ring substituents is 1.